The van der Waals surface area contributed by atoms with Gasteiger partial charge in [0, 0.05) is 24.9 Å². The summed E-state index contributed by atoms with van der Waals surface area (Å²) in [5, 5.41) is 21.0. The van der Waals surface area contributed by atoms with E-state index in [1.807, 2.05) is 0 Å². The molecule has 0 heterocycles. The van der Waals surface area contributed by atoms with Gasteiger partial charge in [-0.25, -0.2) is 4.79 Å². The second-order valence-electron chi connectivity index (χ2n) is 3.38. The molecule has 8 nitrogen and oxygen atoms in total. The van der Waals surface area contributed by atoms with Gasteiger partial charge in [0.1, 0.15) is 6.54 Å². The average molecular weight is 253 g/mol. The summed E-state index contributed by atoms with van der Waals surface area (Å²) in [7, 11) is 1.43. The number of nitro groups is 1. The van der Waals surface area contributed by atoms with E-state index in [0.29, 0.717) is 5.69 Å². The van der Waals surface area contributed by atoms with Gasteiger partial charge in [-0.2, -0.15) is 0 Å². The van der Waals surface area contributed by atoms with Crippen LogP contribution in [0.1, 0.15) is 0 Å². The molecule has 0 unspecified atom stereocenters. The number of amides is 2. The van der Waals surface area contributed by atoms with Gasteiger partial charge in [0.2, 0.25) is 0 Å². The van der Waals surface area contributed by atoms with Crippen molar-refractivity contribution in [3.63, 3.8) is 0 Å². The Morgan fingerprint density at radius 1 is 1.39 bits per heavy atom. The third-order valence-corrected chi connectivity index (χ3v) is 2.14. The van der Waals surface area contributed by atoms with Crippen LogP contribution in [0.3, 0.4) is 0 Å². The van der Waals surface area contributed by atoms with Gasteiger partial charge in [0.15, 0.2) is 0 Å². The molecule has 8 heteroatoms. The Balaban J connectivity index is 2.71. The van der Waals surface area contributed by atoms with Crippen LogP contribution in [-0.2, 0) is 4.79 Å². The maximum Gasteiger partial charge on any atom is 0.323 e. The molecule has 96 valence electrons. The summed E-state index contributed by atoms with van der Waals surface area (Å²) in [5.41, 5.74) is 0.335. The van der Waals surface area contributed by atoms with Crippen LogP contribution in [0.15, 0.2) is 24.3 Å². The lowest BCUT2D eigenvalue weighted by atomic mass is 10.2. The van der Waals surface area contributed by atoms with Crippen molar-refractivity contribution in [3.8, 4) is 0 Å². The summed E-state index contributed by atoms with van der Waals surface area (Å²) < 4.78 is 0. The predicted octanol–water partition coefficient (Wildman–Crippen LogP) is 0.825. The summed E-state index contributed by atoms with van der Waals surface area (Å²) >= 11 is 0. The highest BCUT2D eigenvalue weighted by Crippen LogP contribution is 2.18. The number of non-ortho nitro benzene ring substituents is 1. The van der Waals surface area contributed by atoms with Crippen molar-refractivity contribution >= 4 is 23.4 Å². The summed E-state index contributed by atoms with van der Waals surface area (Å²) in [6.45, 7) is -0.490. The fourth-order valence-corrected chi connectivity index (χ4v) is 1.19. The van der Waals surface area contributed by atoms with E-state index in [4.69, 9.17) is 5.11 Å². The lowest BCUT2D eigenvalue weighted by molar-refractivity contribution is -0.384. The number of carbonyl (C=O) groups is 2. The van der Waals surface area contributed by atoms with E-state index in [-0.39, 0.29) is 5.69 Å². The molecule has 0 aliphatic carbocycles. The Hall–Kier alpha value is -2.64. The molecule has 2 amide bonds. The maximum atomic E-state index is 11.5. The van der Waals surface area contributed by atoms with Crippen LogP contribution in [0.4, 0.5) is 16.2 Å². The van der Waals surface area contributed by atoms with Gasteiger partial charge < -0.3 is 10.4 Å². The van der Waals surface area contributed by atoms with Gasteiger partial charge >= 0.3 is 12.0 Å². The standard InChI is InChI=1S/C10H11N3O5/c1-12(10(16)11-6-9(14)15)7-2-4-8(5-3-7)13(17)18/h2-5H,6H2,1H3,(H,11,16)(H,14,15). The van der Waals surface area contributed by atoms with Crippen molar-refractivity contribution in [3.05, 3.63) is 34.4 Å². The smallest absolute Gasteiger partial charge is 0.323 e. The fraction of sp³-hybridized carbons (Fsp3) is 0.200. The number of aliphatic carboxylic acids is 1. The van der Waals surface area contributed by atoms with Gasteiger partial charge in [-0.1, -0.05) is 0 Å². The molecule has 1 aromatic rings. The Morgan fingerprint density at radius 2 is 1.94 bits per heavy atom. The molecule has 0 aliphatic rings. The molecule has 0 atom stereocenters. The van der Waals surface area contributed by atoms with Crippen LogP contribution in [-0.4, -0.2) is 35.6 Å². The van der Waals surface area contributed by atoms with Gasteiger partial charge in [0.25, 0.3) is 5.69 Å². The van der Waals surface area contributed by atoms with Crippen molar-refractivity contribution in [1.29, 1.82) is 0 Å². The molecule has 0 spiro atoms. The number of carbonyl (C=O) groups excluding carboxylic acids is 1. The summed E-state index contributed by atoms with van der Waals surface area (Å²) in [6, 6.07) is 4.72. The van der Waals surface area contributed by atoms with Gasteiger partial charge in [-0.3, -0.25) is 19.8 Å². The number of benzene rings is 1. The molecule has 1 rings (SSSR count). The van der Waals surface area contributed by atoms with Crippen LogP contribution >= 0.6 is 0 Å². The summed E-state index contributed by atoms with van der Waals surface area (Å²) in [5.74, 6) is -1.15. The van der Waals surface area contributed by atoms with Crippen LogP contribution in [0.5, 0.6) is 0 Å². The monoisotopic (exact) mass is 253 g/mol. The number of rotatable bonds is 4. The summed E-state index contributed by atoms with van der Waals surface area (Å²) in [4.78, 5) is 32.8. The normalized spacial score (nSPS) is 9.61. The SMILES string of the molecule is CN(C(=O)NCC(=O)O)c1ccc([N+](=O)[O-])cc1. The van der Waals surface area contributed by atoms with Crippen LogP contribution in [0, 0.1) is 10.1 Å². The van der Waals surface area contributed by atoms with Crippen LogP contribution < -0.4 is 10.2 Å². The van der Waals surface area contributed by atoms with E-state index < -0.39 is 23.5 Å². The predicted molar refractivity (Wildman–Crippen MR) is 62.5 cm³/mol. The van der Waals surface area contributed by atoms with E-state index in [0.717, 1.165) is 4.90 Å². The first-order valence-corrected chi connectivity index (χ1v) is 4.89. The number of carboxylic acids is 1. The Kier molecular flexibility index (Phi) is 4.19. The van der Waals surface area contributed by atoms with E-state index >= 15 is 0 Å². The lowest BCUT2D eigenvalue weighted by Crippen LogP contribution is -2.39. The fourth-order valence-electron chi connectivity index (χ4n) is 1.19. The number of nitrogens with one attached hydrogen (secondary N) is 1. The molecule has 0 saturated carbocycles. The maximum absolute atomic E-state index is 11.5. The molecule has 0 bridgehead atoms. The number of hydrogen-bond acceptors (Lipinski definition) is 4. The first-order chi connectivity index (χ1) is 8.41. The highest BCUT2D eigenvalue weighted by Gasteiger charge is 2.13. The molecular weight excluding hydrogens is 242 g/mol. The molecule has 2 N–H and O–H groups in total. The largest absolute Gasteiger partial charge is 0.480 e. The second kappa shape index (κ2) is 5.62. The van der Waals surface area contributed by atoms with E-state index in [1.54, 1.807) is 0 Å². The third kappa shape index (κ3) is 3.44. The van der Waals surface area contributed by atoms with Crippen molar-refractivity contribution in [2.45, 2.75) is 0 Å². The zero-order valence-electron chi connectivity index (χ0n) is 9.49. The molecular formula is C10H11N3O5. The van der Waals surface area contributed by atoms with Crippen molar-refractivity contribution in [1.82, 2.24) is 5.32 Å². The van der Waals surface area contributed by atoms with Crippen LogP contribution in [0.2, 0.25) is 0 Å². The van der Waals surface area contributed by atoms with E-state index in [2.05, 4.69) is 5.32 Å². The molecule has 0 aliphatic heterocycles. The quantitative estimate of drug-likeness (QED) is 0.609. The summed E-state index contributed by atoms with van der Waals surface area (Å²) in [6.07, 6.45) is 0. The molecule has 1 aromatic carbocycles. The average Bonchev–Trinajstić information content (AvgIpc) is 2.35. The number of nitro benzene ring substituents is 1. The molecule has 0 fully saturated rings. The van der Waals surface area contributed by atoms with Crippen LogP contribution in [0.25, 0.3) is 0 Å². The molecule has 0 radical (unpaired) electrons. The minimum atomic E-state index is -1.15. The second-order valence-corrected chi connectivity index (χ2v) is 3.38. The van der Waals surface area contributed by atoms with Gasteiger partial charge in [0.05, 0.1) is 4.92 Å². The van der Waals surface area contributed by atoms with Crippen molar-refractivity contribution < 1.29 is 19.6 Å². The number of anilines is 1. The number of nitrogens with zero attached hydrogens (tertiary/aromatic N) is 2. The first-order valence-electron chi connectivity index (χ1n) is 4.89. The van der Waals surface area contributed by atoms with Gasteiger partial charge in [-0.15, -0.1) is 0 Å². The number of carboxylic acid groups (broad SMARTS) is 1. The molecule has 18 heavy (non-hydrogen) atoms. The third-order valence-electron chi connectivity index (χ3n) is 2.14. The first kappa shape index (κ1) is 13.4. The topological polar surface area (TPSA) is 113 Å². The highest BCUT2D eigenvalue weighted by atomic mass is 16.6. The highest BCUT2D eigenvalue weighted by molar-refractivity contribution is 5.93. The Labute approximate surface area is 102 Å². The molecule has 0 saturated heterocycles. The zero-order chi connectivity index (χ0) is 13.7. The minimum absolute atomic E-state index is 0.0851. The zero-order valence-corrected chi connectivity index (χ0v) is 9.49. The lowest BCUT2D eigenvalue weighted by Gasteiger charge is -2.17. The number of hydrogen-bond donors (Lipinski definition) is 2. The van der Waals surface area contributed by atoms with Crippen molar-refractivity contribution in [2.75, 3.05) is 18.5 Å². The van der Waals surface area contributed by atoms with Crippen molar-refractivity contribution in [2.24, 2.45) is 0 Å². The Morgan fingerprint density at radius 3 is 2.39 bits per heavy atom. The minimum Gasteiger partial charge on any atom is -0.480 e. The van der Waals surface area contributed by atoms with Gasteiger partial charge in [-0.05, 0) is 12.1 Å². The number of urea groups is 1. The van der Waals surface area contributed by atoms with E-state index in [9.17, 15) is 19.7 Å². The Bertz CT molecular complexity index is 471. The molecule has 0 aromatic heterocycles. The van der Waals surface area contributed by atoms with E-state index in [1.165, 1.54) is 31.3 Å².